The lowest BCUT2D eigenvalue weighted by Crippen LogP contribution is -2.23. The Labute approximate surface area is 125 Å². The first-order valence-electron chi connectivity index (χ1n) is 6.95. The van der Waals surface area contributed by atoms with Crippen molar-refractivity contribution in [3.05, 3.63) is 18.0 Å². The monoisotopic (exact) mass is 318 g/mol. The molecule has 1 atom stereocenters. The number of carboxylic acid groups (broad SMARTS) is 1. The Balaban J connectivity index is 0.000000217. The lowest BCUT2D eigenvalue weighted by molar-refractivity contribution is -0.192. The minimum Gasteiger partial charge on any atom is -0.475 e. The fraction of sp³-hybridized carbons (Fsp3) is 0.615. The van der Waals surface area contributed by atoms with Crippen LogP contribution >= 0.6 is 0 Å². The lowest BCUT2D eigenvalue weighted by atomic mass is 10.2. The third kappa shape index (κ3) is 5.14. The van der Waals surface area contributed by atoms with Crippen molar-refractivity contribution in [1.29, 1.82) is 0 Å². The molecule has 0 spiro atoms. The molecule has 1 unspecified atom stereocenters. The van der Waals surface area contributed by atoms with Crippen LogP contribution in [-0.4, -0.2) is 46.4 Å². The van der Waals surface area contributed by atoms with Gasteiger partial charge in [-0.25, -0.2) is 14.8 Å². The SMILES string of the molecule is O=C(O)C(F)(F)F.c1nc(NC2CCNC2)ncc1C1CC1. The molecule has 0 aromatic carbocycles. The van der Waals surface area contributed by atoms with E-state index in [1.807, 2.05) is 12.4 Å². The number of hydrogen-bond acceptors (Lipinski definition) is 5. The average Bonchev–Trinajstić information content (AvgIpc) is 3.18. The molecule has 0 radical (unpaired) electrons. The summed E-state index contributed by atoms with van der Waals surface area (Å²) in [6.07, 6.45) is 2.63. The number of anilines is 1. The quantitative estimate of drug-likeness (QED) is 0.787. The minimum atomic E-state index is -5.08. The molecule has 1 aliphatic heterocycles. The van der Waals surface area contributed by atoms with Crippen LogP contribution in [0.3, 0.4) is 0 Å². The van der Waals surface area contributed by atoms with Crippen LogP contribution < -0.4 is 10.6 Å². The number of halogens is 3. The molecule has 22 heavy (non-hydrogen) atoms. The molecular formula is C13H17F3N4O2. The summed E-state index contributed by atoms with van der Waals surface area (Å²) in [4.78, 5) is 17.6. The maximum absolute atomic E-state index is 10.6. The Morgan fingerprint density at radius 2 is 1.86 bits per heavy atom. The molecular weight excluding hydrogens is 301 g/mol. The molecule has 2 aliphatic rings. The Bertz CT molecular complexity index is 497. The average molecular weight is 318 g/mol. The highest BCUT2D eigenvalue weighted by atomic mass is 19.4. The van der Waals surface area contributed by atoms with Crippen LogP contribution in [0.4, 0.5) is 19.1 Å². The Morgan fingerprint density at radius 1 is 1.27 bits per heavy atom. The summed E-state index contributed by atoms with van der Waals surface area (Å²) < 4.78 is 31.7. The molecule has 1 aromatic heterocycles. The largest absolute Gasteiger partial charge is 0.490 e. The fourth-order valence-corrected chi connectivity index (χ4v) is 2.00. The van der Waals surface area contributed by atoms with Crippen LogP contribution in [0.1, 0.15) is 30.7 Å². The van der Waals surface area contributed by atoms with Crippen LogP contribution in [0.2, 0.25) is 0 Å². The maximum atomic E-state index is 10.6. The van der Waals surface area contributed by atoms with Crippen molar-refractivity contribution in [2.45, 2.75) is 37.4 Å². The van der Waals surface area contributed by atoms with Crippen LogP contribution in [0, 0.1) is 0 Å². The van der Waals surface area contributed by atoms with Gasteiger partial charge in [-0.3, -0.25) is 0 Å². The Morgan fingerprint density at radius 3 is 2.27 bits per heavy atom. The maximum Gasteiger partial charge on any atom is 0.490 e. The summed E-state index contributed by atoms with van der Waals surface area (Å²) in [5.41, 5.74) is 1.30. The number of carboxylic acids is 1. The van der Waals surface area contributed by atoms with Gasteiger partial charge in [0.2, 0.25) is 5.95 Å². The van der Waals surface area contributed by atoms with Gasteiger partial charge in [-0.1, -0.05) is 0 Å². The van der Waals surface area contributed by atoms with E-state index in [-0.39, 0.29) is 0 Å². The van der Waals surface area contributed by atoms with Gasteiger partial charge in [0.25, 0.3) is 0 Å². The number of aromatic nitrogens is 2. The number of carbonyl (C=O) groups is 1. The van der Waals surface area contributed by atoms with Crippen molar-refractivity contribution in [3.63, 3.8) is 0 Å². The highest BCUT2D eigenvalue weighted by molar-refractivity contribution is 5.73. The minimum absolute atomic E-state index is 0.497. The van der Waals surface area contributed by atoms with Gasteiger partial charge in [0, 0.05) is 25.0 Å². The zero-order valence-electron chi connectivity index (χ0n) is 11.7. The van der Waals surface area contributed by atoms with E-state index in [9.17, 15) is 13.2 Å². The predicted octanol–water partition coefficient (Wildman–Crippen LogP) is 1.76. The molecule has 1 saturated heterocycles. The zero-order valence-corrected chi connectivity index (χ0v) is 11.7. The molecule has 0 bridgehead atoms. The van der Waals surface area contributed by atoms with Crippen molar-refractivity contribution in [2.75, 3.05) is 18.4 Å². The van der Waals surface area contributed by atoms with E-state index in [2.05, 4.69) is 20.6 Å². The molecule has 0 amide bonds. The molecule has 2 fully saturated rings. The van der Waals surface area contributed by atoms with E-state index < -0.39 is 12.1 Å². The second-order valence-electron chi connectivity index (χ2n) is 5.25. The van der Waals surface area contributed by atoms with Crippen molar-refractivity contribution in [1.82, 2.24) is 15.3 Å². The normalized spacial score (nSPS) is 21.0. The summed E-state index contributed by atoms with van der Waals surface area (Å²) in [5.74, 6) is -1.24. The van der Waals surface area contributed by atoms with E-state index in [1.54, 1.807) is 0 Å². The first kappa shape index (κ1) is 16.5. The van der Waals surface area contributed by atoms with E-state index in [0.29, 0.717) is 6.04 Å². The Hall–Kier alpha value is -1.90. The Kier molecular flexibility index (Phi) is 5.17. The second-order valence-corrected chi connectivity index (χ2v) is 5.25. The fourth-order valence-electron chi connectivity index (χ4n) is 2.00. The second kappa shape index (κ2) is 6.91. The van der Waals surface area contributed by atoms with Gasteiger partial charge in [0.05, 0.1) is 0 Å². The number of alkyl halides is 3. The van der Waals surface area contributed by atoms with Crippen LogP contribution in [0.15, 0.2) is 12.4 Å². The molecule has 1 saturated carbocycles. The number of aliphatic carboxylic acids is 1. The van der Waals surface area contributed by atoms with E-state index in [0.717, 1.165) is 31.4 Å². The van der Waals surface area contributed by atoms with Crippen molar-refractivity contribution in [2.24, 2.45) is 0 Å². The van der Waals surface area contributed by atoms with Crippen LogP contribution in [0.25, 0.3) is 0 Å². The third-order valence-corrected chi connectivity index (χ3v) is 3.36. The summed E-state index contributed by atoms with van der Waals surface area (Å²) in [5, 5.41) is 13.8. The van der Waals surface area contributed by atoms with Gasteiger partial charge in [-0.15, -0.1) is 0 Å². The standard InChI is InChI=1S/C11H16N4.C2HF3O2/c1-2-8(1)9-5-13-11(14-6-9)15-10-3-4-12-7-10;3-2(4,5)1(6)7/h5-6,8,10,12H,1-4,7H2,(H,13,14,15);(H,6,7). The van der Waals surface area contributed by atoms with Gasteiger partial charge < -0.3 is 15.7 Å². The van der Waals surface area contributed by atoms with Crippen molar-refractivity contribution >= 4 is 11.9 Å². The predicted molar refractivity (Wildman–Crippen MR) is 72.6 cm³/mol. The van der Waals surface area contributed by atoms with E-state index in [4.69, 9.17) is 9.90 Å². The van der Waals surface area contributed by atoms with Gasteiger partial charge in [-0.05, 0) is 37.3 Å². The van der Waals surface area contributed by atoms with Crippen LogP contribution in [0.5, 0.6) is 0 Å². The number of hydrogen-bond donors (Lipinski definition) is 3. The lowest BCUT2D eigenvalue weighted by Gasteiger charge is -2.10. The van der Waals surface area contributed by atoms with E-state index >= 15 is 0 Å². The van der Waals surface area contributed by atoms with Crippen molar-refractivity contribution in [3.8, 4) is 0 Å². The first-order valence-corrected chi connectivity index (χ1v) is 6.95. The highest BCUT2D eigenvalue weighted by Gasteiger charge is 2.38. The molecule has 3 rings (SSSR count). The first-order chi connectivity index (χ1) is 10.4. The van der Waals surface area contributed by atoms with Gasteiger partial charge >= 0.3 is 12.1 Å². The molecule has 6 nitrogen and oxygen atoms in total. The van der Waals surface area contributed by atoms with Crippen molar-refractivity contribution < 1.29 is 23.1 Å². The van der Waals surface area contributed by atoms with Gasteiger partial charge in [0.1, 0.15) is 0 Å². The summed E-state index contributed by atoms with van der Waals surface area (Å²) in [6.45, 7) is 2.12. The number of nitrogens with zero attached hydrogens (tertiary/aromatic N) is 2. The summed E-state index contributed by atoms with van der Waals surface area (Å²) in [6, 6.07) is 0.497. The zero-order chi connectivity index (χ0) is 16.2. The number of nitrogens with one attached hydrogen (secondary N) is 2. The summed E-state index contributed by atoms with van der Waals surface area (Å²) >= 11 is 0. The summed E-state index contributed by atoms with van der Waals surface area (Å²) in [7, 11) is 0. The van der Waals surface area contributed by atoms with Gasteiger partial charge in [0.15, 0.2) is 0 Å². The molecule has 1 aromatic rings. The third-order valence-electron chi connectivity index (χ3n) is 3.36. The molecule has 9 heteroatoms. The molecule has 2 heterocycles. The molecule has 3 N–H and O–H groups in total. The smallest absolute Gasteiger partial charge is 0.475 e. The van der Waals surface area contributed by atoms with Crippen LogP contribution in [-0.2, 0) is 4.79 Å². The highest BCUT2D eigenvalue weighted by Crippen LogP contribution is 2.39. The molecule has 1 aliphatic carbocycles. The number of rotatable bonds is 3. The van der Waals surface area contributed by atoms with Gasteiger partial charge in [-0.2, -0.15) is 13.2 Å². The molecule has 122 valence electrons. The topological polar surface area (TPSA) is 87.1 Å². The van der Waals surface area contributed by atoms with E-state index in [1.165, 1.54) is 18.4 Å².